The molecule has 1 aliphatic heterocycles. The number of hydrogen-bond donors (Lipinski definition) is 1. The Hall–Kier alpha value is -3.54. The molecule has 134 valence electrons. The number of non-ortho nitro benzene ring substituents is 1. The highest BCUT2D eigenvalue weighted by molar-refractivity contribution is 6.04. The largest absolute Gasteiger partial charge is 0.369 e. The summed E-state index contributed by atoms with van der Waals surface area (Å²) in [5.74, 6) is 0.380. The van der Waals surface area contributed by atoms with Crippen LogP contribution in [0.5, 0.6) is 0 Å². The summed E-state index contributed by atoms with van der Waals surface area (Å²) in [4.78, 5) is 27.8. The van der Waals surface area contributed by atoms with Gasteiger partial charge in [0.25, 0.3) is 5.69 Å². The second-order valence-electron chi connectivity index (χ2n) is 6.50. The summed E-state index contributed by atoms with van der Waals surface area (Å²) in [6, 6.07) is 20.0. The number of carbonyl (C=O) groups excluding carboxylic acids is 1. The van der Waals surface area contributed by atoms with E-state index in [0.717, 1.165) is 10.8 Å². The van der Waals surface area contributed by atoms with E-state index in [0.29, 0.717) is 30.1 Å². The standard InChI is InChI=1S/C21H17N3O3/c25-20(16-9-8-14-4-1-2-5-15(14)10-16)18-12-22-21(23-13-18)17-6-3-7-19(11-17)24(26)27/h1-11,18H,12-13H2,(H,22,23). The van der Waals surface area contributed by atoms with Crippen molar-refractivity contribution in [2.24, 2.45) is 10.9 Å². The number of benzene rings is 3. The lowest BCUT2D eigenvalue weighted by Crippen LogP contribution is -2.39. The maximum Gasteiger partial charge on any atom is 0.270 e. The van der Waals surface area contributed by atoms with Gasteiger partial charge < -0.3 is 5.32 Å². The van der Waals surface area contributed by atoms with Gasteiger partial charge in [-0.3, -0.25) is 19.9 Å². The molecule has 0 saturated heterocycles. The smallest absolute Gasteiger partial charge is 0.270 e. The molecule has 1 aliphatic rings. The number of aliphatic imine (C=N–C) groups is 1. The van der Waals surface area contributed by atoms with Gasteiger partial charge in [0, 0.05) is 29.8 Å². The number of nitrogens with one attached hydrogen (secondary N) is 1. The van der Waals surface area contributed by atoms with Crippen molar-refractivity contribution in [2.45, 2.75) is 0 Å². The van der Waals surface area contributed by atoms with Crippen LogP contribution in [0, 0.1) is 16.0 Å². The van der Waals surface area contributed by atoms with Gasteiger partial charge in [0.2, 0.25) is 0 Å². The molecule has 4 rings (SSSR count). The Kier molecular flexibility index (Phi) is 4.38. The van der Waals surface area contributed by atoms with Crippen LogP contribution in [-0.2, 0) is 0 Å². The molecule has 6 nitrogen and oxygen atoms in total. The number of rotatable bonds is 4. The number of carbonyl (C=O) groups is 1. The summed E-state index contributed by atoms with van der Waals surface area (Å²) >= 11 is 0. The quantitative estimate of drug-likeness (QED) is 0.438. The molecule has 6 heteroatoms. The molecular weight excluding hydrogens is 342 g/mol. The number of nitro groups is 1. The number of nitrogens with zero attached hydrogens (tertiary/aromatic N) is 2. The van der Waals surface area contributed by atoms with Crippen molar-refractivity contribution >= 4 is 28.1 Å². The molecule has 27 heavy (non-hydrogen) atoms. The maximum absolute atomic E-state index is 12.8. The molecule has 0 amide bonds. The molecular formula is C21H17N3O3. The minimum Gasteiger partial charge on any atom is -0.369 e. The zero-order valence-corrected chi connectivity index (χ0v) is 14.5. The van der Waals surface area contributed by atoms with E-state index in [1.165, 1.54) is 12.1 Å². The third-order valence-electron chi connectivity index (χ3n) is 4.72. The van der Waals surface area contributed by atoms with Crippen LogP contribution in [0.3, 0.4) is 0 Å². The molecule has 1 unspecified atom stereocenters. The van der Waals surface area contributed by atoms with Gasteiger partial charge in [0.1, 0.15) is 5.84 Å². The van der Waals surface area contributed by atoms with E-state index in [9.17, 15) is 14.9 Å². The first-order valence-corrected chi connectivity index (χ1v) is 8.68. The predicted molar refractivity (Wildman–Crippen MR) is 104 cm³/mol. The van der Waals surface area contributed by atoms with E-state index >= 15 is 0 Å². The summed E-state index contributed by atoms with van der Waals surface area (Å²) in [6.45, 7) is 0.809. The topological polar surface area (TPSA) is 84.6 Å². The van der Waals surface area contributed by atoms with Crippen LogP contribution in [0.2, 0.25) is 0 Å². The Morgan fingerprint density at radius 2 is 1.85 bits per heavy atom. The molecule has 0 radical (unpaired) electrons. The monoisotopic (exact) mass is 359 g/mol. The van der Waals surface area contributed by atoms with Crippen molar-refractivity contribution in [1.82, 2.24) is 5.32 Å². The summed E-state index contributed by atoms with van der Waals surface area (Å²) in [7, 11) is 0. The normalized spacial score (nSPS) is 16.4. The number of hydrogen-bond acceptors (Lipinski definition) is 5. The maximum atomic E-state index is 12.8. The van der Waals surface area contributed by atoms with Crippen LogP contribution in [0.25, 0.3) is 10.8 Å². The van der Waals surface area contributed by atoms with E-state index in [2.05, 4.69) is 10.3 Å². The van der Waals surface area contributed by atoms with Crippen molar-refractivity contribution in [1.29, 1.82) is 0 Å². The summed E-state index contributed by atoms with van der Waals surface area (Å²) < 4.78 is 0. The van der Waals surface area contributed by atoms with Crippen molar-refractivity contribution in [3.63, 3.8) is 0 Å². The van der Waals surface area contributed by atoms with Gasteiger partial charge in [-0.25, -0.2) is 0 Å². The molecule has 0 saturated carbocycles. The molecule has 3 aromatic rings. The number of ketones is 1. The molecule has 0 bridgehead atoms. The van der Waals surface area contributed by atoms with Gasteiger partial charge in [0.05, 0.1) is 17.4 Å². The SMILES string of the molecule is O=C(c1ccc2ccccc2c1)C1CN=C(c2cccc([N+](=O)[O-])c2)NC1. The number of fused-ring (bicyclic) bond motifs is 1. The second-order valence-corrected chi connectivity index (χ2v) is 6.50. The molecule has 3 aromatic carbocycles. The molecule has 1 heterocycles. The third kappa shape index (κ3) is 3.42. The molecule has 0 spiro atoms. The average Bonchev–Trinajstić information content (AvgIpc) is 2.73. The molecule has 0 aromatic heterocycles. The van der Waals surface area contributed by atoms with Gasteiger partial charge in [-0.15, -0.1) is 0 Å². The molecule has 1 atom stereocenters. The van der Waals surface area contributed by atoms with Crippen LogP contribution in [-0.4, -0.2) is 29.6 Å². The second kappa shape index (κ2) is 6.99. The predicted octanol–water partition coefficient (Wildman–Crippen LogP) is 3.60. The first-order valence-electron chi connectivity index (χ1n) is 8.68. The van der Waals surface area contributed by atoms with E-state index < -0.39 is 4.92 Å². The van der Waals surface area contributed by atoms with E-state index in [1.807, 2.05) is 42.5 Å². The minimum absolute atomic E-state index is 0.0198. The van der Waals surface area contributed by atoms with E-state index in [1.54, 1.807) is 12.1 Å². The first kappa shape index (κ1) is 16.9. The van der Waals surface area contributed by atoms with Crippen molar-refractivity contribution in [2.75, 3.05) is 13.1 Å². The number of amidine groups is 1. The fourth-order valence-corrected chi connectivity index (χ4v) is 3.26. The summed E-state index contributed by atoms with van der Waals surface area (Å²) in [5, 5.41) is 16.2. The fraction of sp³-hybridized carbons (Fsp3) is 0.143. The Balaban J connectivity index is 1.53. The van der Waals surface area contributed by atoms with Gasteiger partial charge in [0.15, 0.2) is 5.78 Å². The third-order valence-corrected chi connectivity index (χ3v) is 4.72. The Morgan fingerprint density at radius 1 is 1.04 bits per heavy atom. The van der Waals surface area contributed by atoms with Gasteiger partial charge >= 0.3 is 0 Å². The lowest BCUT2D eigenvalue weighted by Gasteiger charge is -2.22. The van der Waals surface area contributed by atoms with Crippen LogP contribution in [0.4, 0.5) is 5.69 Å². The Labute approximate surface area is 155 Å². The average molecular weight is 359 g/mol. The number of nitro benzene ring substituents is 1. The van der Waals surface area contributed by atoms with Gasteiger partial charge in [-0.2, -0.15) is 0 Å². The van der Waals surface area contributed by atoms with Crippen LogP contribution in [0.15, 0.2) is 71.7 Å². The fourth-order valence-electron chi connectivity index (χ4n) is 3.26. The minimum atomic E-state index is -0.432. The van der Waals surface area contributed by atoms with E-state index in [-0.39, 0.29) is 17.4 Å². The van der Waals surface area contributed by atoms with Crippen LogP contribution in [0.1, 0.15) is 15.9 Å². The van der Waals surface area contributed by atoms with Crippen LogP contribution < -0.4 is 5.32 Å². The molecule has 1 N–H and O–H groups in total. The van der Waals surface area contributed by atoms with Crippen LogP contribution >= 0.6 is 0 Å². The van der Waals surface area contributed by atoms with Crippen molar-refractivity contribution in [3.05, 3.63) is 88.0 Å². The summed E-state index contributed by atoms with van der Waals surface area (Å²) in [5.41, 5.74) is 1.35. The van der Waals surface area contributed by atoms with E-state index in [4.69, 9.17) is 0 Å². The zero-order chi connectivity index (χ0) is 18.8. The highest BCUT2D eigenvalue weighted by atomic mass is 16.6. The molecule has 0 fully saturated rings. The van der Waals surface area contributed by atoms with Gasteiger partial charge in [-0.05, 0) is 16.8 Å². The first-order chi connectivity index (χ1) is 13.1. The molecule has 0 aliphatic carbocycles. The number of Topliss-reactive ketones (excluding diaryl/α,β-unsaturated/α-hetero) is 1. The zero-order valence-electron chi connectivity index (χ0n) is 14.5. The highest BCUT2D eigenvalue weighted by Gasteiger charge is 2.24. The Morgan fingerprint density at radius 3 is 2.59 bits per heavy atom. The van der Waals surface area contributed by atoms with Gasteiger partial charge in [-0.1, -0.05) is 48.5 Å². The lowest BCUT2D eigenvalue weighted by molar-refractivity contribution is -0.384. The lowest BCUT2D eigenvalue weighted by atomic mass is 9.94. The van der Waals surface area contributed by atoms with Crippen molar-refractivity contribution < 1.29 is 9.72 Å². The Bertz CT molecular complexity index is 1070. The highest BCUT2D eigenvalue weighted by Crippen LogP contribution is 2.20. The van der Waals surface area contributed by atoms with Crippen molar-refractivity contribution in [3.8, 4) is 0 Å². The summed E-state index contributed by atoms with van der Waals surface area (Å²) in [6.07, 6.45) is 0.